The van der Waals surface area contributed by atoms with Gasteiger partial charge in [-0.25, -0.2) is 13.4 Å². The van der Waals surface area contributed by atoms with Gasteiger partial charge in [-0.1, -0.05) is 18.2 Å². The summed E-state index contributed by atoms with van der Waals surface area (Å²) in [5, 5.41) is 1.97. The Hall–Kier alpha value is -3.31. The molecule has 0 aliphatic carbocycles. The highest BCUT2D eigenvalue weighted by Crippen LogP contribution is 2.28. The highest BCUT2D eigenvalue weighted by atomic mass is 35.5. The first-order valence-electron chi connectivity index (χ1n) is 11.2. The summed E-state index contributed by atoms with van der Waals surface area (Å²) in [4.78, 5) is 25.0. The summed E-state index contributed by atoms with van der Waals surface area (Å²) in [7, 11) is -1.61. The Kier molecular flexibility index (Phi) is 8.80. The maximum atomic E-state index is 13.3. The zero-order chi connectivity index (χ0) is 25.0. The number of anilines is 2. The number of hydrogen-bond acceptors (Lipinski definition) is 8. The Morgan fingerprint density at radius 3 is 2.42 bits per heavy atom. The van der Waals surface area contributed by atoms with E-state index in [0.717, 1.165) is 18.7 Å². The number of likely N-dealkylation sites (N-methyl/N-ethyl adjacent to an activating group) is 1. The van der Waals surface area contributed by atoms with E-state index in [1.54, 1.807) is 54.9 Å². The van der Waals surface area contributed by atoms with Crippen molar-refractivity contribution in [2.24, 2.45) is 0 Å². The van der Waals surface area contributed by atoms with E-state index in [9.17, 15) is 13.2 Å². The van der Waals surface area contributed by atoms with Crippen molar-refractivity contribution in [1.82, 2.24) is 19.8 Å². The second-order valence-electron chi connectivity index (χ2n) is 8.39. The molecular formula is C25H29ClN6O3S. The lowest BCUT2D eigenvalue weighted by molar-refractivity contribution is 0.102. The molecule has 0 spiro atoms. The van der Waals surface area contributed by atoms with Gasteiger partial charge in [0.1, 0.15) is 11.2 Å². The molecule has 1 aromatic carbocycles. The first-order chi connectivity index (χ1) is 16.8. The molecule has 1 unspecified atom stereocenters. The standard InChI is InChI=1S/C25H28N6O3S.ClH/c1-3-23(31-13-11-30(2)12-14-31)35(33,34)21-8-6-18(7-9-21)20-15-22(24(26)28-17-20)29-25(32)19-5-4-10-27-16-19;/h3-10,15-17,23H,1,11-14H2,2H3,(H2,26,28)(H,29,32);1H. The van der Waals surface area contributed by atoms with Gasteiger partial charge in [-0.15, -0.1) is 19.0 Å². The Balaban J connectivity index is 0.00000361. The molecule has 1 fully saturated rings. The minimum atomic E-state index is -3.64. The molecule has 0 radical (unpaired) electrons. The Morgan fingerprint density at radius 2 is 1.81 bits per heavy atom. The van der Waals surface area contributed by atoms with Crippen LogP contribution in [-0.2, 0) is 9.84 Å². The second-order valence-corrected chi connectivity index (χ2v) is 10.4. The maximum Gasteiger partial charge on any atom is 0.257 e. The third-order valence-corrected chi connectivity index (χ3v) is 8.08. The smallest absolute Gasteiger partial charge is 0.257 e. The van der Waals surface area contributed by atoms with Crippen LogP contribution in [0.15, 0.2) is 78.6 Å². The molecule has 1 aliphatic rings. The molecule has 3 heterocycles. The third-order valence-electron chi connectivity index (χ3n) is 6.02. The molecule has 4 rings (SSSR count). The van der Waals surface area contributed by atoms with Crippen LogP contribution in [0.3, 0.4) is 0 Å². The minimum Gasteiger partial charge on any atom is -0.382 e. The zero-order valence-corrected chi connectivity index (χ0v) is 21.5. The first-order valence-corrected chi connectivity index (χ1v) is 12.7. The van der Waals surface area contributed by atoms with E-state index in [4.69, 9.17) is 5.73 Å². The number of nitrogens with zero attached hydrogens (tertiary/aromatic N) is 4. The van der Waals surface area contributed by atoms with Crippen LogP contribution in [0.25, 0.3) is 11.1 Å². The summed E-state index contributed by atoms with van der Waals surface area (Å²) in [6.45, 7) is 6.72. The molecule has 1 saturated heterocycles. The van der Waals surface area contributed by atoms with Crippen molar-refractivity contribution >= 4 is 39.7 Å². The van der Waals surface area contributed by atoms with Gasteiger partial charge in [0.25, 0.3) is 5.91 Å². The monoisotopic (exact) mass is 528 g/mol. The topological polar surface area (TPSA) is 122 Å². The SMILES string of the molecule is C=CC(N1CCN(C)CC1)S(=O)(=O)c1ccc(-c2cnc(N)c(NC(=O)c3cccnc3)c2)cc1.Cl. The van der Waals surface area contributed by atoms with Gasteiger partial charge in [-0.3, -0.25) is 14.7 Å². The molecule has 3 N–H and O–H groups in total. The molecule has 2 aromatic heterocycles. The summed E-state index contributed by atoms with van der Waals surface area (Å²) in [6.07, 6.45) is 6.12. The van der Waals surface area contributed by atoms with Crippen LogP contribution >= 0.6 is 12.4 Å². The average Bonchev–Trinajstić information content (AvgIpc) is 2.87. The van der Waals surface area contributed by atoms with Crippen LogP contribution in [0.4, 0.5) is 11.5 Å². The number of nitrogens with one attached hydrogen (secondary N) is 1. The molecule has 36 heavy (non-hydrogen) atoms. The number of rotatable bonds is 7. The van der Waals surface area contributed by atoms with E-state index in [2.05, 4.69) is 26.8 Å². The van der Waals surface area contributed by atoms with Gasteiger partial charge in [-0.05, 0) is 42.9 Å². The van der Waals surface area contributed by atoms with Crippen molar-refractivity contribution in [2.75, 3.05) is 44.3 Å². The van der Waals surface area contributed by atoms with E-state index in [-0.39, 0.29) is 29.0 Å². The van der Waals surface area contributed by atoms with Crippen LogP contribution < -0.4 is 11.1 Å². The lowest BCUT2D eigenvalue weighted by atomic mass is 10.1. The summed E-state index contributed by atoms with van der Waals surface area (Å²) in [5.74, 6) is -0.184. The number of nitrogens with two attached hydrogens (primary N) is 1. The predicted molar refractivity (Wildman–Crippen MR) is 144 cm³/mol. The van der Waals surface area contributed by atoms with Gasteiger partial charge in [-0.2, -0.15) is 0 Å². The predicted octanol–water partition coefficient (Wildman–Crippen LogP) is 2.93. The minimum absolute atomic E-state index is 0. The van der Waals surface area contributed by atoms with Crippen LogP contribution in [0.2, 0.25) is 0 Å². The van der Waals surface area contributed by atoms with E-state index in [0.29, 0.717) is 29.9 Å². The van der Waals surface area contributed by atoms with E-state index in [1.807, 2.05) is 11.9 Å². The zero-order valence-electron chi connectivity index (χ0n) is 19.9. The molecular weight excluding hydrogens is 500 g/mol. The third kappa shape index (κ3) is 5.90. The number of carbonyl (C=O) groups excluding carboxylic acids is 1. The van der Waals surface area contributed by atoms with Gasteiger partial charge in [0.2, 0.25) is 0 Å². The van der Waals surface area contributed by atoms with Gasteiger partial charge in [0, 0.05) is 50.3 Å². The number of amides is 1. The normalized spacial score (nSPS) is 15.5. The number of piperazine rings is 1. The number of benzene rings is 1. The van der Waals surface area contributed by atoms with Crippen molar-refractivity contribution in [3.8, 4) is 11.1 Å². The molecule has 0 bridgehead atoms. The molecule has 9 nitrogen and oxygen atoms in total. The number of nitrogen functional groups attached to an aromatic ring is 1. The van der Waals surface area contributed by atoms with Crippen molar-refractivity contribution in [3.63, 3.8) is 0 Å². The van der Waals surface area contributed by atoms with Crippen LogP contribution in [0, 0.1) is 0 Å². The molecule has 0 saturated carbocycles. The fourth-order valence-electron chi connectivity index (χ4n) is 3.95. The Bertz CT molecular complexity index is 1310. The van der Waals surface area contributed by atoms with Crippen molar-refractivity contribution in [3.05, 3.63) is 79.3 Å². The fraction of sp³-hybridized carbons (Fsp3) is 0.240. The number of pyridine rings is 2. The Labute approximate surface area is 217 Å². The van der Waals surface area contributed by atoms with E-state index >= 15 is 0 Å². The molecule has 3 aromatic rings. The van der Waals surface area contributed by atoms with E-state index in [1.165, 1.54) is 12.3 Å². The molecule has 1 amide bonds. The fourth-order valence-corrected chi connectivity index (χ4v) is 5.60. The van der Waals surface area contributed by atoms with Gasteiger partial charge in [0.15, 0.2) is 9.84 Å². The van der Waals surface area contributed by atoms with Crippen LogP contribution in [0.1, 0.15) is 10.4 Å². The summed E-state index contributed by atoms with van der Waals surface area (Å²) < 4.78 is 26.7. The molecule has 190 valence electrons. The number of hydrogen-bond donors (Lipinski definition) is 2. The molecule has 1 atom stereocenters. The van der Waals surface area contributed by atoms with Crippen molar-refractivity contribution in [1.29, 1.82) is 0 Å². The van der Waals surface area contributed by atoms with Crippen molar-refractivity contribution in [2.45, 2.75) is 10.3 Å². The largest absolute Gasteiger partial charge is 0.382 e. The van der Waals surface area contributed by atoms with Crippen LogP contribution in [-0.4, -0.2) is 72.7 Å². The maximum absolute atomic E-state index is 13.3. The van der Waals surface area contributed by atoms with Gasteiger partial charge < -0.3 is 16.0 Å². The number of sulfone groups is 1. The lowest BCUT2D eigenvalue weighted by Gasteiger charge is -2.36. The van der Waals surface area contributed by atoms with Gasteiger partial charge in [0.05, 0.1) is 16.1 Å². The number of carbonyl (C=O) groups is 1. The van der Waals surface area contributed by atoms with Crippen molar-refractivity contribution < 1.29 is 13.2 Å². The second kappa shape index (κ2) is 11.6. The lowest BCUT2D eigenvalue weighted by Crippen LogP contribution is -2.50. The quantitative estimate of drug-likeness (QED) is 0.449. The van der Waals surface area contributed by atoms with E-state index < -0.39 is 15.2 Å². The Morgan fingerprint density at radius 1 is 1.11 bits per heavy atom. The molecule has 11 heteroatoms. The van der Waals surface area contributed by atoms with Crippen LogP contribution in [0.5, 0.6) is 0 Å². The number of aromatic nitrogens is 2. The molecule has 1 aliphatic heterocycles. The first kappa shape index (κ1) is 27.3. The highest BCUT2D eigenvalue weighted by Gasteiger charge is 2.32. The summed E-state index contributed by atoms with van der Waals surface area (Å²) in [5.41, 5.74) is 8.14. The number of halogens is 1. The highest BCUT2D eigenvalue weighted by molar-refractivity contribution is 7.92. The summed E-state index contributed by atoms with van der Waals surface area (Å²) >= 11 is 0. The summed E-state index contributed by atoms with van der Waals surface area (Å²) in [6, 6.07) is 11.6. The average molecular weight is 529 g/mol. The van der Waals surface area contributed by atoms with Gasteiger partial charge >= 0.3 is 0 Å².